The fourth-order valence-electron chi connectivity index (χ4n) is 1.64. The first-order valence-electron chi connectivity index (χ1n) is 5.91. The number of nitrogens with zero attached hydrogens (tertiary/aromatic N) is 1. The van der Waals surface area contributed by atoms with E-state index in [9.17, 15) is 9.59 Å². The molecule has 5 nitrogen and oxygen atoms in total. The maximum atomic E-state index is 11.8. The summed E-state index contributed by atoms with van der Waals surface area (Å²) in [5.74, 6) is -0.334. The van der Waals surface area contributed by atoms with Crippen molar-refractivity contribution in [2.24, 2.45) is 0 Å². The maximum absolute atomic E-state index is 11.8. The number of nitrogens with one attached hydrogen (secondary N) is 2. The predicted molar refractivity (Wildman–Crippen MR) is 69.4 cm³/mol. The van der Waals surface area contributed by atoms with Crippen molar-refractivity contribution in [2.75, 3.05) is 13.6 Å². The van der Waals surface area contributed by atoms with Gasteiger partial charge in [0.2, 0.25) is 5.91 Å². The summed E-state index contributed by atoms with van der Waals surface area (Å²) in [7, 11) is 1.51. The summed E-state index contributed by atoms with van der Waals surface area (Å²) < 4.78 is 0. The molecule has 0 aromatic rings. The van der Waals surface area contributed by atoms with Crippen LogP contribution in [0, 0.1) is 0 Å². The van der Waals surface area contributed by atoms with Crippen molar-refractivity contribution >= 4 is 29.1 Å². The smallest absolute Gasteiger partial charge is 0.251 e. The third-order valence-corrected chi connectivity index (χ3v) is 3.03. The monoisotopic (exact) mass is 257 g/mol. The second kappa shape index (κ2) is 6.54. The molecule has 1 rings (SSSR count). The van der Waals surface area contributed by atoms with Crippen LogP contribution in [-0.4, -0.2) is 41.5 Å². The van der Waals surface area contributed by atoms with Gasteiger partial charge >= 0.3 is 0 Å². The van der Waals surface area contributed by atoms with Crippen LogP contribution in [0.4, 0.5) is 0 Å². The molecule has 0 spiro atoms. The Morgan fingerprint density at radius 1 is 1.53 bits per heavy atom. The molecule has 0 radical (unpaired) electrons. The molecule has 1 aliphatic heterocycles. The van der Waals surface area contributed by atoms with Crippen LogP contribution in [-0.2, 0) is 9.59 Å². The van der Waals surface area contributed by atoms with Gasteiger partial charge in [0.1, 0.15) is 6.04 Å². The van der Waals surface area contributed by atoms with Gasteiger partial charge in [-0.05, 0) is 25.1 Å². The normalized spacial score (nSPS) is 20.4. The number of carbonyl (C=O) groups excluding carboxylic acids is 2. The molecule has 1 fully saturated rings. The average Bonchev–Trinajstić information content (AvgIpc) is 2.30. The molecule has 2 amide bonds. The van der Waals surface area contributed by atoms with E-state index in [1.807, 2.05) is 0 Å². The van der Waals surface area contributed by atoms with Crippen LogP contribution in [0.2, 0.25) is 0 Å². The van der Waals surface area contributed by atoms with E-state index in [1.165, 1.54) is 7.05 Å². The number of carbonyl (C=O) groups is 2. The van der Waals surface area contributed by atoms with Gasteiger partial charge in [-0.2, -0.15) is 0 Å². The van der Waals surface area contributed by atoms with Crippen LogP contribution in [0.25, 0.3) is 0 Å². The van der Waals surface area contributed by atoms with Gasteiger partial charge in [-0.15, -0.1) is 0 Å². The van der Waals surface area contributed by atoms with Crippen molar-refractivity contribution in [3.63, 3.8) is 0 Å². The molecule has 1 aliphatic rings. The van der Waals surface area contributed by atoms with E-state index < -0.39 is 0 Å². The van der Waals surface area contributed by atoms with Crippen molar-refractivity contribution in [2.45, 2.75) is 38.6 Å². The molecule has 0 saturated carbocycles. The molecule has 1 atom stereocenters. The first-order valence-corrected chi connectivity index (χ1v) is 6.31. The number of piperidine rings is 1. The lowest BCUT2D eigenvalue weighted by molar-refractivity contribution is -0.147. The SMILES string of the molecule is CCCCNC(=S)NC1CCC(=O)N(C)C1=O. The Labute approximate surface area is 107 Å². The van der Waals surface area contributed by atoms with E-state index in [-0.39, 0.29) is 17.9 Å². The quantitative estimate of drug-likeness (QED) is 0.434. The van der Waals surface area contributed by atoms with Crippen molar-refractivity contribution in [3.8, 4) is 0 Å². The van der Waals surface area contributed by atoms with Crippen molar-refractivity contribution in [1.29, 1.82) is 0 Å². The van der Waals surface area contributed by atoms with E-state index in [4.69, 9.17) is 12.2 Å². The van der Waals surface area contributed by atoms with Crippen LogP contribution in [0.15, 0.2) is 0 Å². The molecule has 0 bridgehead atoms. The standard InChI is InChI=1S/C11H19N3O2S/c1-3-4-7-12-11(17)13-8-5-6-9(15)14(2)10(8)16/h8H,3-7H2,1-2H3,(H2,12,13,17). The van der Waals surface area contributed by atoms with Crippen LogP contribution < -0.4 is 10.6 Å². The fourth-order valence-corrected chi connectivity index (χ4v) is 1.88. The van der Waals surface area contributed by atoms with Crippen molar-refractivity contribution < 1.29 is 9.59 Å². The first kappa shape index (κ1) is 13.9. The third kappa shape index (κ3) is 3.96. The number of hydrogen-bond donors (Lipinski definition) is 2. The molecule has 96 valence electrons. The highest BCUT2D eigenvalue weighted by Gasteiger charge is 2.31. The first-order chi connectivity index (χ1) is 8.06. The van der Waals surface area contributed by atoms with E-state index in [2.05, 4.69) is 17.6 Å². The fraction of sp³-hybridized carbons (Fsp3) is 0.727. The number of likely N-dealkylation sites (N-methyl/N-ethyl adjacent to an activating group) is 1. The molecule has 17 heavy (non-hydrogen) atoms. The molecule has 1 unspecified atom stereocenters. The molecule has 0 aromatic carbocycles. The Hall–Kier alpha value is -1.17. The number of amides is 2. The van der Waals surface area contributed by atoms with E-state index >= 15 is 0 Å². The Bertz CT molecular complexity index is 320. The van der Waals surface area contributed by atoms with Crippen molar-refractivity contribution in [3.05, 3.63) is 0 Å². The molecular weight excluding hydrogens is 238 g/mol. The second-order valence-electron chi connectivity index (χ2n) is 4.14. The lowest BCUT2D eigenvalue weighted by Gasteiger charge is -2.29. The zero-order chi connectivity index (χ0) is 12.8. The van der Waals surface area contributed by atoms with Gasteiger partial charge in [-0.1, -0.05) is 13.3 Å². The number of likely N-dealkylation sites (tertiary alicyclic amines) is 1. The Kier molecular flexibility index (Phi) is 5.34. The van der Waals surface area contributed by atoms with Gasteiger partial charge in [-0.3, -0.25) is 14.5 Å². The highest BCUT2D eigenvalue weighted by Crippen LogP contribution is 2.11. The minimum absolute atomic E-state index is 0.127. The van der Waals surface area contributed by atoms with Crippen LogP contribution in [0.3, 0.4) is 0 Å². The molecule has 0 aliphatic carbocycles. The van der Waals surface area contributed by atoms with Crippen LogP contribution in [0.5, 0.6) is 0 Å². The average molecular weight is 257 g/mol. The number of rotatable bonds is 4. The summed E-state index contributed by atoms with van der Waals surface area (Å²) in [6.45, 7) is 2.90. The molecular formula is C11H19N3O2S. The summed E-state index contributed by atoms with van der Waals surface area (Å²) >= 11 is 5.09. The zero-order valence-electron chi connectivity index (χ0n) is 10.3. The van der Waals surface area contributed by atoms with E-state index in [0.717, 1.165) is 24.3 Å². The topological polar surface area (TPSA) is 61.4 Å². The molecule has 1 heterocycles. The zero-order valence-corrected chi connectivity index (χ0v) is 11.1. The molecule has 1 saturated heterocycles. The summed E-state index contributed by atoms with van der Waals surface area (Å²) in [5.41, 5.74) is 0. The maximum Gasteiger partial charge on any atom is 0.251 e. The number of hydrogen-bond acceptors (Lipinski definition) is 3. The largest absolute Gasteiger partial charge is 0.363 e. The van der Waals surface area contributed by atoms with Crippen molar-refractivity contribution in [1.82, 2.24) is 15.5 Å². The summed E-state index contributed by atoms with van der Waals surface area (Å²) in [6.07, 6.45) is 3.03. The molecule has 2 N–H and O–H groups in total. The third-order valence-electron chi connectivity index (χ3n) is 2.77. The van der Waals surface area contributed by atoms with E-state index in [1.54, 1.807) is 0 Å². The summed E-state index contributed by atoms with van der Waals surface area (Å²) in [5, 5.41) is 6.48. The second-order valence-corrected chi connectivity index (χ2v) is 4.54. The van der Waals surface area contributed by atoms with Gasteiger partial charge in [0, 0.05) is 20.0 Å². The minimum atomic E-state index is -0.376. The predicted octanol–water partition coefficient (Wildman–Crippen LogP) is 0.398. The Balaban J connectivity index is 2.38. The molecule has 6 heteroatoms. The van der Waals surface area contributed by atoms with Crippen LogP contribution in [0.1, 0.15) is 32.6 Å². The summed E-state index contributed by atoms with van der Waals surface area (Å²) in [6, 6.07) is -0.376. The highest BCUT2D eigenvalue weighted by molar-refractivity contribution is 7.80. The van der Waals surface area contributed by atoms with Crippen LogP contribution >= 0.6 is 12.2 Å². The number of imide groups is 1. The highest BCUT2D eigenvalue weighted by atomic mass is 32.1. The lowest BCUT2D eigenvalue weighted by Crippen LogP contribution is -2.54. The van der Waals surface area contributed by atoms with Gasteiger partial charge in [0.05, 0.1) is 0 Å². The number of unbranched alkanes of at least 4 members (excludes halogenated alkanes) is 1. The van der Waals surface area contributed by atoms with E-state index in [0.29, 0.717) is 18.0 Å². The lowest BCUT2D eigenvalue weighted by atomic mass is 10.1. The minimum Gasteiger partial charge on any atom is -0.363 e. The molecule has 0 aromatic heterocycles. The van der Waals surface area contributed by atoms with Gasteiger partial charge in [0.15, 0.2) is 5.11 Å². The number of thiocarbonyl (C=S) groups is 1. The summed E-state index contributed by atoms with van der Waals surface area (Å²) in [4.78, 5) is 24.2. The van der Waals surface area contributed by atoms with Gasteiger partial charge in [-0.25, -0.2) is 0 Å². The van der Waals surface area contributed by atoms with Gasteiger partial charge < -0.3 is 10.6 Å². The Morgan fingerprint density at radius 2 is 2.24 bits per heavy atom. The van der Waals surface area contributed by atoms with Gasteiger partial charge in [0.25, 0.3) is 5.91 Å². The Morgan fingerprint density at radius 3 is 2.88 bits per heavy atom.